The van der Waals surface area contributed by atoms with Gasteiger partial charge in [-0.3, -0.25) is 9.69 Å². The summed E-state index contributed by atoms with van der Waals surface area (Å²) in [6.45, 7) is 0.771. The average molecular weight is 326 g/mol. The number of likely N-dealkylation sites (tertiary alicyclic amines) is 1. The van der Waals surface area contributed by atoms with Crippen molar-refractivity contribution >= 4 is 23.1 Å². The number of hydrogen-bond donors (Lipinski definition) is 2. The van der Waals surface area contributed by atoms with Crippen LogP contribution in [0.5, 0.6) is 0 Å². The molecular weight excluding hydrogens is 304 g/mol. The summed E-state index contributed by atoms with van der Waals surface area (Å²) in [5.74, 6) is 0.708. The molecule has 1 fully saturated rings. The topological polar surface area (TPSA) is 66.5 Å². The van der Waals surface area contributed by atoms with Gasteiger partial charge in [0.1, 0.15) is 5.82 Å². The number of rotatable bonds is 5. The van der Waals surface area contributed by atoms with E-state index in [1.165, 1.54) is 0 Å². The number of benzene rings is 1. The maximum atomic E-state index is 12.4. The maximum Gasteiger partial charge on any atom is 0.241 e. The lowest BCUT2D eigenvalue weighted by Gasteiger charge is -2.18. The molecule has 2 atom stereocenters. The van der Waals surface area contributed by atoms with E-state index in [4.69, 9.17) is 4.74 Å². The summed E-state index contributed by atoms with van der Waals surface area (Å²) in [5, 5.41) is 6.13. The summed E-state index contributed by atoms with van der Waals surface area (Å²) in [4.78, 5) is 18.8. The first-order valence-electron chi connectivity index (χ1n) is 7.97. The van der Waals surface area contributed by atoms with Crippen molar-refractivity contribution in [2.75, 3.05) is 31.3 Å². The van der Waals surface area contributed by atoms with Gasteiger partial charge in [0, 0.05) is 19.3 Å². The number of pyridine rings is 1. The van der Waals surface area contributed by atoms with Crippen LogP contribution in [0.25, 0.3) is 0 Å². The number of methoxy groups -OCH3 is 1. The number of aromatic nitrogens is 1. The molecule has 0 bridgehead atoms. The van der Waals surface area contributed by atoms with Crippen LogP contribution in [0.3, 0.4) is 0 Å². The Morgan fingerprint density at radius 3 is 2.62 bits per heavy atom. The van der Waals surface area contributed by atoms with Crippen molar-refractivity contribution < 1.29 is 9.53 Å². The Balaban J connectivity index is 1.59. The smallest absolute Gasteiger partial charge is 0.241 e. The molecule has 1 aromatic carbocycles. The highest BCUT2D eigenvalue weighted by molar-refractivity contribution is 5.95. The lowest BCUT2D eigenvalue weighted by atomic mass is 10.2. The third-order valence-corrected chi connectivity index (χ3v) is 4.22. The number of hydrogen-bond acceptors (Lipinski definition) is 5. The van der Waals surface area contributed by atoms with E-state index in [0.717, 1.165) is 18.1 Å². The Labute approximate surface area is 141 Å². The molecule has 1 aromatic heterocycles. The molecule has 0 unspecified atom stereocenters. The molecule has 6 heteroatoms. The number of nitrogens with one attached hydrogen (secondary N) is 2. The van der Waals surface area contributed by atoms with Crippen LogP contribution < -0.4 is 10.6 Å². The molecule has 1 aliphatic rings. The van der Waals surface area contributed by atoms with Gasteiger partial charge in [-0.2, -0.15) is 0 Å². The third kappa shape index (κ3) is 3.90. The molecule has 1 saturated heterocycles. The van der Waals surface area contributed by atoms with Gasteiger partial charge in [0.05, 0.1) is 24.0 Å². The average Bonchev–Trinajstić information content (AvgIpc) is 2.99. The molecule has 0 radical (unpaired) electrons. The number of likely N-dealkylation sites (N-methyl/N-ethyl adjacent to an activating group) is 1. The summed E-state index contributed by atoms with van der Waals surface area (Å²) in [5.41, 5.74) is 1.66. The van der Waals surface area contributed by atoms with E-state index in [9.17, 15) is 4.79 Å². The third-order valence-electron chi connectivity index (χ3n) is 4.22. The summed E-state index contributed by atoms with van der Waals surface area (Å²) in [7, 11) is 3.62. The van der Waals surface area contributed by atoms with E-state index >= 15 is 0 Å². The van der Waals surface area contributed by atoms with Gasteiger partial charge >= 0.3 is 0 Å². The molecule has 0 saturated carbocycles. The molecule has 126 valence electrons. The number of carbonyl (C=O) groups is 1. The number of ether oxygens (including phenoxy) is 1. The molecule has 0 spiro atoms. The second-order valence-electron chi connectivity index (χ2n) is 5.96. The van der Waals surface area contributed by atoms with Gasteiger partial charge < -0.3 is 15.4 Å². The highest BCUT2D eigenvalue weighted by atomic mass is 16.5. The minimum absolute atomic E-state index is 0.0254. The number of amides is 1. The number of nitrogens with zero attached hydrogens (tertiary/aromatic N) is 2. The van der Waals surface area contributed by atoms with Gasteiger partial charge in [-0.15, -0.1) is 0 Å². The fraction of sp³-hybridized carbons (Fsp3) is 0.333. The van der Waals surface area contributed by atoms with Crippen LogP contribution in [-0.2, 0) is 9.53 Å². The predicted molar refractivity (Wildman–Crippen MR) is 94.4 cm³/mol. The molecule has 2 N–H and O–H groups in total. The van der Waals surface area contributed by atoms with Gasteiger partial charge in [-0.05, 0) is 37.7 Å². The van der Waals surface area contributed by atoms with Gasteiger partial charge in [0.2, 0.25) is 5.91 Å². The molecule has 2 aromatic rings. The summed E-state index contributed by atoms with van der Waals surface area (Å²) in [6, 6.07) is 13.4. The lowest BCUT2D eigenvalue weighted by molar-refractivity contribution is -0.120. The van der Waals surface area contributed by atoms with Crippen molar-refractivity contribution in [3.63, 3.8) is 0 Å². The van der Waals surface area contributed by atoms with Crippen LogP contribution >= 0.6 is 0 Å². The van der Waals surface area contributed by atoms with Crippen LogP contribution in [-0.4, -0.2) is 48.6 Å². The Bertz CT molecular complexity index is 675. The molecule has 1 aliphatic heterocycles. The largest absolute Gasteiger partial charge is 0.380 e. The van der Waals surface area contributed by atoms with Gasteiger partial charge in [-0.25, -0.2) is 4.98 Å². The second-order valence-corrected chi connectivity index (χ2v) is 5.96. The molecule has 2 heterocycles. The Kier molecular flexibility index (Phi) is 5.08. The van der Waals surface area contributed by atoms with Crippen molar-refractivity contribution in [1.29, 1.82) is 0 Å². The molecule has 6 nitrogen and oxygen atoms in total. The van der Waals surface area contributed by atoms with Crippen molar-refractivity contribution in [1.82, 2.24) is 9.88 Å². The molecule has 0 aliphatic carbocycles. The number of para-hydroxylation sites is 1. The zero-order valence-electron chi connectivity index (χ0n) is 13.9. The molecular formula is C18H22N4O2. The van der Waals surface area contributed by atoms with Crippen LogP contribution in [0.15, 0.2) is 48.7 Å². The van der Waals surface area contributed by atoms with Crippen LogP contribution in [0, 0.1) is 0 Å². The van der Waals surface area contributed by atoms with Crippen molar-refractivity contribution in [3.05, 3.63) is 48.7 Å². The van der Waals surface area contributed by atoms with E-state index < -0.39 is 0 Å². The predicted octanol–water partition coefficient (Wildman–Crippen LogP) is 2.48. The van der Waals surface area contributed by atoms with E-state index in [-0.39, 0.29) is 18.1 Å². The maximum absolute atomic E-state index is 12.4. The highest BCUT2D eigenvalue weighted by Gasteiger charge is 2.34. The van der Waals surface area contributed by atoms with Crippen LogP contribution in [0.4, 0.5) is 17.2 Å². The SMILES string of the molecule is CO[C@H]1C[C@@H](C(=O)Nc2ccc(Nc3ccccc3)nc2)N(C)C1. The second kappa shape index (κ2) is 7.42. The van der Waals surface area contributed by atoms with Crippen LogP contribution in [0.1, 0.15) is 6.42 Å². The zero-order valence-corrected chi connectivity index (χ0v) is 13.9. The van der Waals surface area contributed by atoms with Crippen molar-refractivity contribution in [2.24, 2.45) is 0 Å². The normalized spacial score (nSPS) is 20.8. The van der Waals surface area contributed by atoms with Gasteiger partial charge in [0.15, 0.2) is 0 Å². The first-order valence-corrected chi connectivity index (χ1v) is 7.97. The summed E-state index contributed by atoms with van der Waals surface area (Å²) < 4.78 is 5.34. The minimum atomic E-state index is -0.169. The Hall–Kier alpha value is -2.44. The minimum Gasteiger partial charge on any atom is -0.380 e. The van der Waals surface area contributed by atoms with E-state index in [0.29, 0.717) is 12.1 Å². The number of carbonyl (C=O) groups excluding carboxylic acids is 1. The molecule has 1 amide bonds. The van der Waals surface area contributed by atoms with Crippen LogP contribution in [0.2, 0.25) is 0 Å². The molecule has 24 heavy (non-hydrogen) atoms. The van der Waals surface area contributed by atoms with E-state index in [2.05, 4.69) is 15.6 Å². The van der Waals surface area contributed by atoms with E-state index in [1.54, 1.807) is 13.3 Å². The first kappa shape index (κ1) is 16.4. The summed E-state index contributed by atoms with van der Waals surface area (Å²) in [6.07, 6.45) is 2.48. The van der Waals surface area contributed by atoms with Crippen molar-refractivity contribution in [2.45, 2.75) is 18.6 Å². The lowest BCUT2D eigenvalue weighted by Crippen LogP contribution is -2.37. The zero-order chi connectivity index (χ0) is 16.9. The fourth-order valence-corrected chi connectivity index (χ4v) is 2.87. The van der Waals surface area contributed by atoms with Gasteiger partial charge in [-0.1, -0.05) is 18.2 Å². The van der Waals surface area contributed by atoms with E-state index in [1.807, 2.05) is 54.4 Å². The number of anilines is 3. The Morgan fingerprint density at radius 2 is 2.00 bits per heavy atom. The highest BCUT2D eigenvalue weighted by Crippen LogP contribution is 2.20. The fourth-order valence-electron chi connectivity index (χ4n) is 2.87. The van der Waals surface area contributed by atoms with Crippen molar-refractivity contribution in [3.8, 4) is 0 Å². The van der Waals surface area contributed by atoms with Gasteiger partial charge in [0.25, 0.3) is 0 Å². The summed E-state index contributed by atoms with van der Waals surface area (Å²) >= 11 is 0. The Morgan fingerprint density at radius 1 is 1.21 bits per heavy atom. The molecule has 3 rings (SSSR count). The first-order chi connectivity index (χ1) is 11.7. The quantitative estimate of drug-likeness (QED) is 0.884. The standard InChI is InChI=1S/C18H22N4O2/c1-22-12-15(24-2)10-16(22)18(23)21-14-8-9-17(19-11-14)20-13-6-4-3-5-7-13/h3-9,11,15-16H,10,12H2,1-2H3,(H,19,20)(H,21,23)/t15-,16-/m0/s1. The monoisotopic (exact) mass is 326 g/mol.